The summed E-state index contributed by atoms with van der Waals surface area (Å²) >= 11 is 0. The molecule has 0 bridgehead atoms. The van der Waals surface area contributed by atoms with Crippen molar-refractivity contribution in [3.8, 4) is 0 Å². The van der Waals surface area contributed by atoms with Gasteiger partial charge in [-0.05, 0) is 31.2 Å². The molecule has 0 spiro atoms. The first kappa shape index (κ1) is 19.4. The third kappa shape index (κ3) is 3.66. The molecule has 3 fully saturated rings. The maximum atomic E-state index is 12.7. The first-order valence-electron chi connectivity index (χ1n) is 9.68. The molecule has 3 amide bonds. The molecule has 28 heavy (non-hydrogen) atoms. The summed E-state index contributed by atoms with van der Waals surface area (Å²) in [7, 11) is -3.38. The quantitative estimate of drug-likeness (QED) is 0.706. The minimum Gasteiger partial charge on any atom is -0.323 e. The van der Waals surface area contributed by atoms with Crippen LogP contribution in [0.4, 0.5) is 4.79 Å². The van der Waals surface area contributed by atoms with E-state index in [-0.39, 0.29) is 30.3 Å². The van der Waals surface area contributed by atoms with Crippen molar-refractivity contribution in [2.75, 3.05) is 32.8 Å². The second-order valence-corrected chi connectivity index (χ2v) is 10.0. The fraction of sp³-hybridized carbons (Fsp3) is 0.579. The Morgan fingerprint density at radius 1 is 1.07 bits per heavy atom. The van der Waals surface area contributed by atoms with Crippen molar-refractivity contribution in [3.05, 3.63) is 35.9 Å². The van der Waals surface area contributed by atoms with E-state index < -0.39 is 15.6 Å². The molecule has 0 aromatic heterocycles. The monoisotopic (exact) mass is 406 g/mol. The molecule has 1 atom stereocenters. The number of carbonyl (C=O) groups excluding carboxylic acids is 2. The number of imide groups is 1. The van der Waals surface area contributed by atoms with Crippen LogP contribution < -0.4 is 5.32 Å². The van der Waals surface area contributed by atoms with Crippen molar-refractivity contribution in [2.45, 2.75) is 31.1 Å². The number of nitrogens with one attached hydrogen (secondary N) is 1. The molecule has 0 unspecified atom stereocenters. The van der Waals surface area contributed by atoms with Crippen LogP contribution in [0.25, 0.3) is 0 Å². The molecule has 3 aliphatic rings. The molecule has 2 aliphatic heterocycles. The van der Waals surface area contributed by atoms with Crippen LogP contribution in [0.5, 0.6) is 0 Å². The van der Waals surface area contributed by atoms with Crippen molar-refractivity contribution in [1.29, 1.82) is 0 Å². The van der Waals surface area contributed by atoms with Gasteiger partial charge < -0.3 is 5.32 Å². The predicted molar refractivity (Wildman–Crippen MR) is 104 cm³/mol. The number of piperazine rings is 1. The number of benzene rings is 1. The van der Waals surface area contributed by atoms with E-state index in [1.807, 2.05) is 35.2 Å². The van der Waals surface area contributed by atoms with Crippen LogP contribution in [0.3, 0.4) is 0 Å². The molecular weight excluding hydrogens is 380 g/mol. The smallest absolute Gasteiger partial charge is 0.323 e. The van der Waals surface area contributed by atoms with Crippen molar-refractivity contribution < 1.29 is 18.0 Å². The van der Waals surface area contributed by atoms with Gasteiger partial charge in [0, 0.05) is 26.2 Å². The molecule has 2 heterocycles. The molecular formula is C19H26N4O4S. The van der Waals surface area contributed by atoms with Crippen LogP contribution >= 0.6 is 0 Å². The third-order valence-electron chi connectivity index (χ3n) is 5.95. The average molecular weight is 407 g/mol. The van der Waals surface area contributed by atoms with Crippen molar-refractivity contribution in [3.63, 3.8) is 0 Å². The second-order valence-electron chi connectivity index (χ2n) is 8.04. The summed E-state index contributed by atoms with van der Waals surface area (Å²) in [5.41, 5.74) is -0.0126. The van der Waals surface area contributed by atoms with Crippen LogP contribution in [0.2, 0.25) is 0 Å². The zero-order chi connectivity index (χ0) is 19.9. The summed E-state index contributed by atoms with van der Waals surface area (Å²) in [5.74, 6) is 0.0497. The zero-order valence-electron chi connectivity index (χ0n) is 16.0. The normalized spacial score (nSPS) is 27.2. The minimum absolute atomic E-state index is 0.0133. The van der Waals surface area contributed by atoms with E-state index in [9.17, 15) is 18.0 Å². The van der Waals surface area contributed by atoms with Gasteiger partial charge in [-0.25, -0.2) is 18.1 Å². The zero-order valence-corrected chi connectivity index (χ0v) is 16.8. The number of urea groups is 1. The first-order valence-corrected chi connectivity index (χ1v) is 11.3. The van der Waals surface area contributed by atoms with Crippen LogP contribution in [-0.2, 0) is 20.6 Å². The van der Waals surface area contributed by atoms with E-state index in [1.165, 1.54) is 9.21 Å². The molecule has 2 saturated heterocycles. The lowest BCUT2D eigenvalue weighted by molar-refractivity contribution is -0.133. The summed E-state index contributed by atoms with van der Waals surface area (Å²) in [4.78, 5) is 28.3. The summed E-state index contributed by atoms with van der Waals surface area (Å²) in [6.45, 7) is 3.71. The van der Waals surface area contributed by atoms with Gasteiger partial charge in [0.15, 0.2) is 0 Å². The lowest BCUT2D eigenvalue weighted by Crippen LogP contribution is -2.53. The Kier molecular flexibility index (Phi) is 4.93. The fourth-order valence-electron chi connectivity index (χ4n) is 4.01. The van der Waals surface area contributed by atoms with Gasteiger partial charge in [0.2, 0.25) is 10.0 Å². The van der Waals surface area contributed by atoms with Crippen LogP contribution in [0, 0.1) is 5.92 Å². The van der Waals surface area contributed by atoms with Gasteiger partial charge in [-0.3, -0.25) is 9.69 Å². The highest BCUT2D eigenvalue weighted by Gasteiger charge is 2.56. The standard InChI is InChI=1S/C19H26N4O4S/c1-19(16-7-8-16)17(24)23(18(25)20-19)14-21-9-11-22(12-10-21)28(26,27)13-15-5-3-2-4-6-15/h2-6,16H,7-14H2,1H3,(H,20,25)/t19-/m0/s1. The van der Waals surface area contributed by atoms with Gasteiger partial charge in [0.1, 0.15) is 5.54 Å². The van der Waals surface area contributed by atoms with Crippen LogP contribution in [0.15, 0.2) is 30.3 Å². The number of amides is 3. The highest BCUT2D eigenvalue weighted by molar-refractivity contribution is 7.88. The Hall–Kier alpha value is -1.97. The molecule has 4 rings (SSSR count). The molecule has 9 heteroatoms. The lowest BCUT2D eigenvalue weighted by Gasteiger charge is -2.35. The molecule has 1 aromatic carbocycles. The molecule has 0 radical (unpaired) electrons. The van der Waals surface area contributed by atoms with Gasteiger partial charge in [-0.2, -0.15) is 4.31 Å². The first-order chi connectivity index (χ1) is 13.3. The predicted octanol–water partition coefficient (Wildman–Crippen LogP) is 0.812. The Bertz CT molecular complexity index is 863. The number of sulfonamides is 1. The van der Waals surface area contributed by atoms with Crippen molar-refractivity contribution in [2.24, 2.45) is 5.92 Å². The summed E-state index contributed by atoms with van der Waals surface area (Å²) in [5, 5.41) is 2.85. The number of hydrogen-bond acceptors (Lipinski definition) is 5. The molecule has 1 aromatic rings. The topological polar surface area (TPSA) is 90.0 Å². The van der Waals surface area contributed by atoms with Crippen molar-refractivity contribution >= 4 is 22.0 Å². The lowest BCUT2D eigenvalue weighted by atomic mass is 9.96. The largest absolute Gasteiger partial charge is 0.326 e. The third-order valence-corrected chi connectivity index (χ3v) is 7.80. The highest BCUT2D eigenvalue weighted by atomic mass is 32.2. The molecule has 8 nitrogen and oxygen atoms in total. The van der Waals surface area contributed by atoms with E-state index >= 15 is 0 Å². The maximum Gasteiger partial charge on any atom is 0.326 e. The van der Waals surface area contributed by atoms with E-state index in [4.69, 9.17) is 0 Å². The highest BCUT2D eigenvalue weighted by Crippen LogP contribution is 2.42. The molecule has 1 N–H and O–H groups in total. The van der Waals surface area contributed by atoms with Crippen molar-refractivity contribution in [1.82, 2.24) is 19.4 Å². The minimum atomic E-state index is -3.38. The Morgan fingerprint density at radius 2 is 1.71 bits per heavy atom. The number of rotatable bonds is 6. The Morgan fingerprint density at radius 3 is 2.32 bits per heavy atom. The summed E-state index contributed by atoms with van der Waals surface area (Å²) in [6, 6.07) is 8.79. The van der Waals surface area contributed by atoms with Crippen LogP contribution in [0.1, 0.15) is 25.3 Å². The molecule has 1 saturated carbocycles. The SMILES string of the molecule is C[C@@]1(C2CC2)NC(=O)N(CN2CCN(S(=O)(=O)Cc3ccccc3)CC2)C1=O. The average Bonchev–Trinajstić information content (AvgIpc) is 3.49. The van der Waals surface area contributed by atoms with Gasteiger partial charge in [0.05, 0.1) is 12.4 Å². The number of hydrogen-bond donors (Lipinski definition) is 1. The van der Waals surface area contributed by atoms with E-state index in [2.05, 4.69) is 5.32 Å². The van der Waals surface area contributed by atoms with Crippen LogP contribution in [-0.4, -0.2) is 72.8 Å². The summed E-state index contributed by atoms with van der Waals surface area (Å²) < 4.78 is 26.8. The van der Waals surface area contributed by atoms with Gasteiger partial charge in [-0.15, -0.1) is 0 Å². The van der Waals surface area contributed by atoms with E-state index in [1.54, 1.807) is 6.92 Å². The molecule has 1 aliphatic carbocycles. The van der Waals surface area contributed by atoms with Gasteiger partial charge >= 0.3 is 6.03 Å². The Labute approximate surface area is 165 Å². The Balaban J connectivity index is 1.33. The number of nitrogens with zero attached hydrogens (tertiary/aromatic N) is 3. The second kappa shape index (κ2) is 7.13. The van der Waals surface area contributed by atoms with Gasteiger partial charge in [0.25, 0.3) is 5.91 Å². The maximum absolute atomic E-state index is 12.7. The van der Waals surface area contributed by atoms with E-state index in [0.29, 0.717) is 26.2 Å². The molecule has 152 valence electrons. The van der Waals surface area contributed by atoms with E-state index in [0.717, 1.165) is 18.4 Å². The summed E-state index contributed by atoms with van der Waals surface area (Å²) in [6.07, 6.45) is 1.93. The fourth-order valence-corrected chi connectivity index (χ4v) is 5.52. The number of carbonyl (C=O) groups is 2. The van der Waals surface area contributed by atoms with Gasteiger partial charge in [-0.1, -0.05) is 30.3 Å².